The number of hydrogen-bond donors (Lipinski definition) is 0. The van der Waals surface area contributed by atoms with Crippen molar-refractivity contribution in [2.24, 2.45) is 5.41 Å². The van der Waals surface area contributed by atoms with E-state index >= 15 is 0 Å². The molecule has 96 valence electrons. The third kappa shape index (κ3) is 3.89. The van der Waals surface area contributed by atoms with E-state index in [9.17, 15) is 4.79 Å². The Hall–Kier alpha value is -0.370. The molecule has 0 aromatic rings. The lowest BCUT2D eigenvalue weighted by molar-refractivity contribution is -0.170. The normalized spacial score (nSPS) is 17.0. The van der Waals surface area contributed by atoms with Crippen LogP contribution in [0.15, 0.2) is 0 Å². The average molecular weight is 228 g/mol. The van der Waals surface area contributed by atoms with Crippen LogP contribution in [0.4, 0.5) is 0 Å². The van der Waals surface area contributed by atoms with Gasteiger partial charge in [-0.2, -0.15) is 0 Å². The summed E-state index contributed by atoms with van der Waals surface area (Å²) in [6.45, 7) is 15.9. The Balaban J connectivity index is 5.04. The first-order chi connectivity index (χ1) is 6.98. The number of rotatable bonds is 5. The third-order valence-corrected chi connectivity index (χ3v) is 3.18. The number of ketones is 1. The van der Waals surface area contributed by atoms with Crippen LogP contribution in [0.2, 0.25) is 0 Å². The van der Waals surface area contributed by atoms with Gasteiger partial charge in [-0.15, -0.1) is 0 Å². The van der Waals surface area contributed by atoms with Gasteiger partial charge in [-0.25, -0.2) is 0 Å². The number of carbonyl (C=O) groups is 1. The lowest BCUT2D eigenvalue weighted by atomic mass is 9.76. The van der Waals surface area contributed by atoms with Crippen molar-refractivity contribution in [1.82, 2.24) is 0 Å². The fourth-order valence-electron chi connectivity index (χ4n) is 1.83. The summed E-state index contributed by atoms with van der Waals surface area (Å²) in [6.07, 6.45) is 1.56. The van der Waals surface area contributed by atoms with Crippen molar-refractivity contribution in [3.63, 3.8) is 0 Å². The van der Waals surface area contributed by atoms with E-state index in [2.05, 4.69) is 0 Å². The molecule has 0 fully saturated rings. The van der Waals surface area contributed by atoms with E-state index in [4.69, 9.17) is 4.74 Å². The predicted molar refractivity (Wildman–Crippen MR) is 68.6 cm³/mol. The standard InChI is InChI=1S/C14H28O2/c1-9-13(6,7)11(15)14(8,10-2)16-12(3,4)5/h9-10H2,1-8H3. The highest BCUT2D eigenvalue weighted by molar-refractivity contribution is 5.91. The highest BCUT2D eigenvalue weighted by atomic mass is 16.5. The molecule has 0 aromatic carbocycles. The topological polar surface area (TPSA) is 26.3 Å². The first-order valence-electron chi connectivity index (χ1n) is 6.23. The van der Waals surface area contributed by atoms with E-state index < -0.39 is 5.60 Å². The highest BCUT2D eigenvalue weighted by Crippen LogP contribution is 2.33. The molecule has 16 heavy (non-hydrogen) atoms. The van der Waals surface area contributed by atoms with Crippen molar-refractivity contribution in [3.8, 4) is 0 Å². The highest BCUT2D eigenvalue weighted by Gasteiger charge is 2.43. The van der Waals surface area contributed by atoms with E-state index in [0.29, 0.717) is 6.42 Å². The van der Waals surface area contributed by atoms with Crippen LogP contribution < -0.4 is 0 Å². The molecule has 0 rings (SSSR count). The Morgan fingerprint density at radius 3 is 1.62 bits per heavy atom. The van der Waals surface area contributed by atoms with Crippen molar-refractivity contribution in [3.05, 3.63) is 0 Å². The van der Waals surface area contributed by atoms with E-state index in [-0.39, 0.29) is 16.8 Å². The molecule has 0 heterocycles. The number of carbonyl (C=O) groups excluding carboxylic acids is 1. The first kappa shape index (κ1) is 15.6. The summed E-state index contributed by atoms with van der Waals surface area (Å²) in [5.74, 6) is 0.208. The van der Waals surface area contributed by atoms with Gasteiger partial charge in [0, 0.05) is 5.41 Å². The summed E-state index contributed by atoms with van der Waals surface area (Å²) in [4.78, 5) is 12.5. The molecule has 0 aliphatic carbocycles. The molecule has 2 nitrogen and oxygen atoms in total. The van der Waals surface area contributed by atoms with Crippen LogP contribution in [0.25, 0.3) is 0 Å². The SMILES string of the molecule is CCC(C)(C)C(=O)C(C)(CC)OC(C)(C)C. The molecule has 0 saturated carbocycles. The quantitative estimate of drug-likeness (QED) is 0.711. The summed E-state index contributed by atoms with van der Waals surface area (Å²) in [5.41, 5.74) is -1.27. The largest absolute Gasteiger partial charge is 0.362 e. The Morgan fingerprint density at radius 2 is 1.38 bits per heavy atom. The Bertz CT molecular complexity index is 248. The minimum Gasteiger partial charge on any atom is -0.362 e. The van der Waals surface area contributed by atoms with Crippen LogP contribution in [0, 0.1) is 5.41 Å². The van der Waals surface area contributed by atoms with E-state index in [1.807, 2.05) is 55.4 Å². The van der Waals surface area contributed by atoms with Crippen LogP contribution >= 0.6 is 0 Å². The number of ether oxygens (including phenoxy) is 1. The molecule has 2 heteroatoms. The summed E-state index contributed by atoms with van der Waals surface area (Å²) in [5, 5.41) is 0. The average Bonchev–Trinajstić information content (AvgIpc) is 2.14. The number of hydrogen-bond acceptors (Lipinski definition) is 2. The maximum absolute atomic E-state index is 12.5. The van der Waals surface area contributed by atoms with Gasteiger partial charge in [0.15, 0.2) is 5.78 Å². The summed E-state index contributed by atoms with van der Waals surface area (Å²) in [7, 11) is 0. The zero-order valence-electron chi connectivity index (χ0n) is 12.2. The predicted octanol–water partition coefficient (Wildman–Crippen LogP) is 3.98. The fourth-order valence-corrected chi connectivity index (χ4v) is 1.83. The minimum atomic E-state index is -0.669. The zero-order chi connectivity index (χ0) is 13.2. The smallest absolute Gasteiger partial charge is 0.169 e. The lowest BCUT2D eigenvalue weighted by Crippen LogP contribution is -2.49. The van der Waals surface area contributed by atoms with Crippen molar-refractivity contribution in [2.45, 2.75) is 79.4 Å². The Labute approximate surface area is 101 Å². The molecule has 0 radical (unpaired) electrons. The maximum atomic E-state index is 12.5. The van der Waals surface area contributed by atoms with Gasteiger partial charge in [0.1, 0.15) is 5.60 Å². The van der Waals surface area contributed by atoms with Crippen molar-refractivity contribution in [2.75, 3.05) is 0 Å². The van der Waals surface area contributed by atoms with Crippen molar-refractivity contribution >= 4 is 5.78 Å². The fraction of sp³-hybridized carbons (Fsp3) is 0.929. The monoisotopic (exact) mass is 228 g/mol. The van der Waals surface area contributed by atoms with Gasteiger partial charge in [0.2, 0.25) is 0 Å². The molecule has 0 bridgehead atoms. The summed E-state index contributed by atoms with van der Waals surface area (Å²) < 4.78 is 5.97. The van der Waals surface area contributed by atoms with Gasteiger partial charge >= 0.3 is 0 Å². The minimum absolute atomic E-state index is 0.208. The molecule has 0 aliphatic rings. The molecule has 0 saturated heterocycles. The van der Waals surface area contributed by atoms with Gasteiger partial charge in [-0.3, -0.25) is 4.79 Å². The van der Waals surface area contributed by atoms with Gasteiger partial charge < -0.3 is 4.74 Å². The molecular weight excluding hydrogens is 200 g/mol. The van der Waals surface area contributed by atoms with Crippen molar-refractivity contribution < 1.29 is 9.53 Å². The van der Waals surface area contributed by atoms with Crippen molar-refractivity contribution in [1.29, 1.82) is 0 Å². The first-order valence-corrected chi connectivity index (χ1v) is 6.23. The Morgan fingerprint density at radius 1 is 0.938 bits per heavy atom. The van der Waals surface area contributed by atoms with Crippen LogP contribution in [0.3, 0.4) is 0 Å². The molecule has 0 spiro atoms. The molecule has 1 unspecified atom stereocenters. The summed E-state index contributed by atoms with van der Waals surface area (Å²) in [6, 6.07) is 0. The van der Waals surface area contributed by atoms with Crippen LogP contribution in [-0.2, 0) is 9.53 Å². The molecule has 0 aromatic heterocycles. The van der Waals surface area contributed by atoms with Gasteiger partial charge in [-0.1, -0.05) is 27.7 Å². The second-order valence-electron chi connectivity index (χ2n) is 6.37. The third-order valence-electron chi connectivity index (χ3n) is 3.18. The summed E-state index contributed by atoms with van der Waals surface area (Å²) >= 11 is 0. The molecule has 0 N–H and O–H groups in total. The maximum Gasteiger partial charge on any atom is 0.169 e. The second-order valence-corrected chi connectivity index (χ2v) is 6.37. The van der Waals surface area contributed by atoms with Crippen LogP contribution in [-0.4, -0.2) is 17.0 Å². The lowest BCUT2D eigenvalue weighted by Gasteiger charge is -2.39. The zero-order valence-corrected chi connectivity index (χ0v) is 12.2. The molecular formula is C14H28O2. The molecule has 0 aliphatic heterocycles. The van der Waals surface area contributed by atoms with Crippen LogP contribution in [0.1, 0.15) is 68.2 Å². The molecule has 1 atom stereocenters. The van der Waals surface area contributed by atoms with E-state index in [1.54, 1.807) is 0 Å². The van der Waals surface area contributed by atoms with Crippen LogP contribution in [0.5, 0.6) is 0 Å². The second kappa shape index (κ2) is 4.87. The van der Waals surface area contributed by atoms with E-state index in [1.165, 1.54) is 0 Å². The van der Waals surface area contributed by atoms with Gasteiger partial charge in [0.25, 0.3) is 0 Å². The van der Waals surface area contributed by atoms with Gasteiger partial charge in [0.05, 0.1) is 5.60 Å². The number of Topliss-reactive ketones (excluding diaryl/α,β-unsaturated/α-hetero) is 1. The van der Waals surface area contributed by atoms with E-state index in [0.717, 1.165) is 6.42 Å². The molecule has 0 amide bonds. The Kier molecular flexibility index (Phi) is 4.75. The van der Waals surface area contributed by atoms with Gasteiger partial charge in [-0.05, 0) is 40.5 Å².